The molecule has 2 aliphatic rings. The van der Waals surface area contributed by atoms with Crippen LogP contribution in [0.2, 0.25) is 0 Å². The van der Waals surface area contributed by atoms with Gasteiger partial charge in [0.25, 0.3) is 0 Å². The van der Waals surface area contributed by atoms with Crippen molar-refractivity contribution in [3.63, 3.8) is 0 Å². The van der Waals surface area contributed by atoms with Crippen LogP contribution in [0.4, 0.5) is 0 Å². The number of rotatable bonds is 6. The van der Waals surface area contributed by atoms with Crippen molar-refractivity contribution in [2.75, 3.05) is 33.4 Å². The number of piperidine rings is 1. The number of benzene rings is 1. The summed E-state index contributed by atoms with van der Waals surface area (Å²) in [7, 11) is 1.56. The third-order valence-electron chi connectivity index (χ3n) is 5.27. The van der Waals surface area contributed by atoms with Crippen molar-refractivity contribution >= 4 is 5.91 Å². The van der Waals surface area contributed by atoms with Gasteiger partial charge in [-0.2, -0.15) is 0 Å². The molecule has 1 saturated heterocycles. The summed E-state index contributed by atoms with van der Waals surface area (Å²) in [6, 6.07) is 9.38. The topological polar surface area (TPSA) is 41.6 Å². The monoisotopic (exact) mass is 316 g/mol. The fourth-order valence-electron chi connectivity index (χ4n) is 3.66. The molecule has 126 valence electrons. The van der Waals surface area contributed by atoms with Crippen LogP contribution in [0.5, 0.6) is 0 Å². The van der Waals surface area contributed by atoms with E-state index in [1.54, 1.807) is 7.11 Å². The van der Waals surface area contributed by atoms with Crippen molar-refractivity contribution in [1.82, 2.24) is 10.2 Å². The van der Waals surface area contributed by atoms with Crippen LogP contribution in [0.15, 0.2) is 24.3 Å². The lowest BCUT2D eigenvalue weighted by Crippen LogP contribution is -2.47. The molecule has 0 spiro atoms. The van der Waals surface area contributed by atoms with E-state index >= 15 is 0 Å². The Labute approximate surface area is 139 Å². The lowest BCUT2D eigenvalue weighted by atomic mass is 9.93. The first-order chi connectivity index (χ1) is 11.1. The number of ether oxygens (including phenoxy) is 1. The number of hydrogen-bond acceptors (Lipinski definition) is 3. The first kappa shape index (κ1) is 16.5. The second-order valence-corrected chi connectivity index (χ2v) is 7.20. The van der Waals surface area contributed by atoms with Gasteiger partial charge in [0.15, 0.2) is 0 Å². The zero-order valence-electron chi connectivity index (χ0n) is 14.3. The first-order valence-electron chi connectivity index (χ1n) is 8.69. The molecule has 0 unspecified atom stereocenters. The van der Waals surface area contributed by atoms with E-state index in [9.17, 15) is 4.79 Å². The number of methoxy groups -OCH3 is 1. The molecule has 4 nitrogen and oxygen atoms in total. The summed E-state index contributed by atoms with van der Waals surface area (Å²) in [6.45, 7) is 5.62. The molecule has 1 aromatic carbocycles. The van der Waals surface area contributed by atoms with Crippen LogP contribution >= 0.6 is 0 Å². The maximum absolute atomic E-state index is 11.6. The maximum Gasteiger partial charge on any atom is 0.246 e. The molecular formula is C19H28N2O2. The Balaban J connectivity index is 1.49. The summed E-state index contributed by atoms with van der Waals surface area (Å²) in [5.74, 6) is 0.00395. The van der Waals surface area contributed by atoms with Crippen molar-refractivity contribution in [2.24, 2.45) is 0 Å². The van der Waals surface area contributed by atoms with Gasteiger partial charge in [-0.15, -0.1) is 0 Å². The fraction of sp³-hybridized carbons (Fsp3) is 0.632. The third-order valence-corrected chi connectivity index (χ3v) is 5.27. The number of nitrogens with one attached hydrogen (secondary N) is 1. The van der Waals surface area contributed by atoms with Gasteiger partial charge in [-0.25, -0.2) is 0 Å². The van der Waals surface area contributed by atoms with Crippen molar-refractivity contribution < 1.29 is 9.53 Å². The molecule has 4 heteroatoms. The Bertz CT molecular complexity index is 529. The van der Waals surface area contributed by atoms with Gasteiger partial charge < -0.3 is 15.0 Å². The Morgan fingerprint density at radius 1 is 1.26 bits per heavy atom. The van der Waals surface area contributed by atoms with E-state index in [4.69, 9.17) is 4.74 Å². The van der Waals surface area contributed by atoms with Gasteiger partial charge >= 0.3 is 0 Å². The maximum atomic E-state index is 11.6. The molecule has 1 aliphatic heterocycles. The van der Waals surface area contributed by atoms with Crippen LogP contribution in [0.25, 0.3) is 0 Å². The van der Waals surface area contributed by atoms with Crippen LogP contribution in [0.1, 0.15) is 36.8 Å². The van der Waals surface area contributed by atoms with Crippen LogP contribution in [0.3, 0.4) is 0 Å². The van der Waals surface area contributed by atoms with Gasteiger partial charge in [0.05, 0.1) is 0 Å². The van der Waals surface area contributed by atoms with Crippen LogP contribution in [-0.4, -0.2) is 50.2 Å². The average Bonchev–Trinajstić information content (AvgIpc) is 3.31. The van der Waals surface area contributed by atoms with Gasteiger partial charge in [-0.1, -0.05) is 29.8 Å². The minimum atomic E-state index is 0.00395. The second kappa shape index (κ2) is 7.02. The Kier molecular flexibility index (Phi) is 5.02. The van der Waals surface area contributed by atoms with Gasteiger partial charge in [0.1, 0.15) is 6.61 Å². The van der Waals surface area contributed by atoms with Gasteiger partial charge in [0, 0.05) is 38.2 Å². The number of carbonyl (C=O) groups excluding carboxylic acids is 1. The number of hydrogen-bond donors (Lipinski definition) is 1. The molecule has 0 atom stereocenters. The summed E-state index contributed by atoms with van der Waals surface area (Å²) >= 11 is 0. The number of aryl methyl sites for hydroxylation is 1. The summed E-state index contributed by atoms with van der Waals surface area (Å²) < 4.78 is 4.88. The standard InChI is InChI=1S/C19H28N2O2/c1-15-3-5-16(6-4-15)19(9-10-19)14-21-11-7-17(8-12-21)20-18(22)13-23-2/h3-6,17H,7-14H2,1-2H3,(H,20,22). The highest BCUT2D eigenvalue weighted by molar-refractivity contribution is 5.77. The molecule has 1 N–H and O–H groups in total. The molecule has 1 aromatic rings. The predicted molar refractivity (Wildman–Crippen MR) is 91.6 cm³/mol. The lowest BCUT2D eigenvalue weighted by Gasteiger charge is -2.35. The molecule has 3 rings (SSSR count). The van der Waals surface area contributed by atoms with E-state index in [0.717, 1.165) is 32.5 Å². The molecule has 0 aromatic heterocycles. The minimum Gasteiger partial charge on any atom is -0.375 e. The van der Waals surface area contributed by atoms with Gasteiger partial charge in [0.2, 0.25) is 5.91 Å². The Morgan fingerprint density at radius 2 is 1.91 bits per heavy atom. The largest absolute Gasteiger partial charge is 0.375 e. The van der Waals surface area contributed by atoms with Crippen LogP contribution in [-0.2, 0) is 14.9 Å². The first-order valence-corrected chi connectivity index (χ1v) is 8.69. The second-order valence-electron chi connectivity index (χ2n) is 7.20. The minimum absolute atomic E-state index is 0.00395. The molecule has 0 radical (unpaired) electrons. The smallest absolute Gasteiger partial charge is 0.246 e. The summed E-state index contributed by atoms with van der Waals surface area (Å²) in [5.41, 5.74) is 3.22. The quantitative estimate of drug-likeness (QED) is 0.875. The summed E-state index contributed by atoms with van der Waals surface area (Å²) in [4.78, 5) is 14.2. The predicted octanol–water partition coefficient (Wildman–Crippen LogP) is 2.25. The van der Waals surface area contributed by atoms with Gasteiger partial charge in [-0.3, -0.25) is 4.79 Å². The third kappa shape index (κ3) is 4.12. The molecule has 2 fully saturated rings. The van der Waals surface area contributed by atoms with E-state index < -0.39 is 0 Å². The fourth-order valence-corrected chi connectivity index (χ4v) is 3.66. The highest BCUT2D eigenvalue weighted by atomic mass is 16.5. The zero-order valence-corrected chi connectivity index (χ0v) is 14.3. The van der Waals surface area contributed by atoms with Crippen LogP contribution in [0, 0.1) is 6.92 Å². The lowest BCUT2D eigenvalue weighted by molar-refractivity contribution is -0.125. The molecule has 1 saturated carbocycles. The number of likely N-dealkylation sites (tertiary alicyclic amines) is 1. The van der Waals surface area contributed by atoms with Crippen molar-refractivity contribution in [3.05, 3.63) is 35.4 Å². The molecule has 1 aliphatic carbocycles. The Morgan fingerprint density at radius 3 is 2.48 bits per heavy atom. The molecule has 1 heterocycles. The highest BCUT2D eigenvalue weighted by Crippen LogP contribution is 2.49. The molecular weight excluding hydrogens is 288 g/mol. The normalized spacial score (nSPS) is 21.1. The Hall–Kier alpha value is -1.39. The van der Waals surface area contributed by atoms with E-state index in [-0.39, 0.29) is 12.5 Å². The number of carbonyl (C=O) groups is 1. The molecule has 1 amide bonds. The SMILES string of the molecule is COCC(=O)NC1CCN(CC2(c3ccc(C)cc3)CC2)CC1. The number of nitrogens with zero attached hydrogens (tertiary/aromatic N) is 1. The average molecular weight is 316 g/mol. The van der Waals surface area contributed by atoms with Crippen LogP contribution < -0.4 is 5.32 Å². The molecule has 0 bridgehead atoms. The van der Waals surface area contributed by atoms with E-state index in [0.29, 0.717) is 11.5 Å². The summed E-state index contributed by atoms with van der Waals surface area (Å²) in [6.07, 6.45) is 4.69. The molecule has 23 heavy (non-hydrogen) atoms. The van der Waals surface area contributed by atoms with Crippen molar-refractivity contribution in [3.8, 4) is 0 Å². The highest BCUT2D eigenvalue weighted by Gasteiger charge is 2.45. The van der Waals surface area contributed by atoms with Gasteiger partial charge in [-0.05, 0) is 38.2 Å². The zero-order chi connectivity index (χ0) is 16.3. The number of amides is 1. The van der Waals surface area contributed by atoms with E-state index in [2.05, 4.69) is 41.4 Å². The van der Waals surface area contributed by atoms with Crippen molar-refractivity contribution in [1.29, 1.82) is 0 Å². The summed E-state index contributed by atoms with van der Waals surface area (Å²) in [5, 5.41) is 3.07. The van der Waals surface area contributed by atoms with E-state index in [1.807, 2.05) is 0 Å². The van der Waals surface area contributed by atoms with Crippen molar-refractivity contribution in [2.45, 2.75) is 44.1 Å². The van der Waals surface area contributed by atoms with E-state index in [1.165, 1.54) is 24.0 Å².